The highest BCUT2D eigenvalue weighted by Gasteiger charge is 2.25. The number of rotatable bonds is 7. The highest BCUT2D eigenvalue weighted by atomic mass is 15.3. The molecule has 2 N–H and O–H groups in total. The molecule has 0 amide bonds. The fourth-order valence-corrected chi connectivity index (χ4v) is 3.23. The molecule has 1 aliphatic rings. The van der Waals surface area contributed by atoms with Gasteiger partial charge in [0.2, 0.25) is 0 Å². The summed E-state index contributed by atoms with van der Waals surface area (Å²) in [7, 11) is 4.06. The molecule has 1 saturated heterocycles. The second kappa shape index (κ2) is 10.4. The van der Waals surface area contributed by atoms with E-state index >= 15 is 0 Å². The maximum atomic E-state index is 4.29. The Morgan fingerprint density at radius 1 is 1.20 bits per heavy atom. The van der Waals surface area contributed by atoms with Crippen LogP contribution in [0.3, 0.4) is 0 Å². The van der Waals surface area contributed by atoms with E-state index in [0.29, 0.717) is 12.0 Å². The van der Waals surface area contributed by atoms with Gasteiger partial charge in [0, 0.05) is 52.4 Å². The van der Waals surface area contributed by atoms with Crippen molar-refractivity contribution in [3.63, 3.8) is 0 Å². The van der Waals surface area contributed by atoms with Gasteiger partial charge in [0.1, 0.15) is 0 Å². The van der Waals surface area contributed by atoms with Crippen molar-refractivity contribution in [2.45, 2.75) is 26.3 Å². The van der Waals surface area contributed by atoms with Gasteiger partial charge in [-0.3, -0.25) is 9.89 Å². The third-order valence-corrected chi connectivity index (χ3v) is 4.69. The molecule has 1 fully saturated rings. The molecule has 0 saturated carbocycles. The number of nitrogens with zero attached hydrogens (tertiary/aromatic N) is 3. The molecule has 2 rings (SSSR count). The molecule has 0 radical (unpaired) electrons. The number of nitrogens with one attached hydrogen (secondary N) is 2. The largest absolute Gasteiger partial charge is 0.356 e. The normalized spacial score (nSPS) is 20.0. The Hall–Kier alpha value is -1.59. The van der Waals surface area contributed by atoms with Crippen molar-refractivity contribution in [1.29, 1.82) is 0 Å². The van der Waals surface area contributed by atoms with Gasteiger partial charge in [0.25, 0.3) is 0 Å². The van der Waals surface area contributed by atoms with Crippen LogP contribution in [0.2, 0.25) is 0 Å². The maximum Gasteiger partial charge on any atom is 0.190 e. The average Bonchev–Trinajstić information content (AvgIpc) is 2.62. The van der Waals surface area contributed by atoms with Crippen molar-refractivity contribution < 1.29 is 0 Å². The summed E-state index contributed by atoms with van der Waals surface area (Å²) in [6, 6.07) is 11.4. The van der Waals surface area contributed by atoms with Gasteiger partial charge in [-0.2, -0.15) is 0 Å². The fourth-order valence-electron chi connectivity index (χ4n) is 3.23. The smallest absolute Gasteiger partial charge is 0.190 e. The van der Waals surface area contributed by atoms with Crippen LogP contribution in [0.15, 0.2) is 35.3 Å². The van der Waals surface area contributed by atoms with Gasteiger partial charge in [0.05, 0.1) is 0 Å². The summed E-state index contributed by atoms with van der Waals surface area (Å²) in [5.41, 5.74) is 1.43. The summed E-state index contributed by atoms with van der Waals surface area (Å²) < 4.78 is 0. The minimum atomic E-state index is 0.498. The van der Waals surface area contributed by atoms with E-state index in [4.69, 9.17) is 0 Å². The summed E-state index contributed by atoms with van der Waals surface area (Å²) >= 11 is 0. The van der Waals surface area contributed by atoms with E-state index in [9.17, 15) is 0 Å². The zero-order valence-electron chi connectivity index (χ0n) is 16.3. The van der Waals surface area contributed by atoms with Gasteiger partial charge < -0.3 is 15.5 Å². The second-order valence-electron chi connectivity index (χ2n) is 7.35. The molecule has 0 aliphatic carbocycles. The molecule has 0 spiro atoms. The average molecular weight is 346 g/mol. The Balaban J connectivity index is 1.80. The van der Waals surface area contributed by atoms with E-state index in [2.05, 4.69) is 76.7 Å². The Morgan fingerprint density at radius 2 is 1.96 bits per heavy atom. The van der Waals surface area contributed by atoms with Crippen molar-refractivity contribution in [2.75, 3.05) is 53.4 Å². The van der Waals surface area contributed by atoms with E-state index in [-0.39, 0.29) is 0 Å². The van der Waals surface area contributed by atoms with Crippen LogP contribution in [0.4, 0.5) is 0 Å². The molecule has 1 aliphatic heterocycles. The lowest BCUT2D eigenvalue weighted by molar-refractivity contribution is 0.0891. The molecule has 1 aromatic rings. The van der Waals surface area contributed by atoms with Gasteiger partial charge >= 0.3 is 0 Å². The van der Waals surface area contributed by atoms with Crippen LogP contribution < -0.4 is 10.6 Å². The van der Waals surface area contributed by atoms with E-state index in [1.54, 1.807) is 0 Å². The van der Waals surface area contributed by atoms with Gasteiger partial charge in [0.15, 0.2) is 5.96 Å². The minimum Gasteiger partial charge on any atom is -0.356 e. The molecule has 1 atom stereocenters. The second-order valence-corrected chi connectivity index (χ2v) is 7.35. The van der Waals surface area contributed by atoms with Crippen molar-refractivity contribution in [1.82, 2.24) is 20.4 Å². The molecule has 5 heteroatoms. The van der Waals surface area contributed by atoms with Crippen LogP contribution in [-0.2, 0) is 0 Å². The summed E-state index contributed by atoms with van der Waals surface area (Å²) in [5, 5.41) is 6.80. The first-order valence-electron chi connectivity index (χ1n) is 9.52. The molecule has 0 aromatic heterocycles. The van der Waals surface area contributed by atoms with Gasteiger partial charge in [-0.1, -0.05) is 44.2 Å². The van der Waals surface area contributed by atoms with Crippen LogP contribution in [-0.4, -0.2) is 69.1 Å². The summed E-state index contributed by atoms with van der Waals surface area (Å²) in [5.74, 6) is 1.53. The number of hydrogen-bond acceptors (Lipinski definition) is 3. The fraction of sp³-hybridized carbons (Fsp3) is 0.650. The molecule has 5 nitrogen and oxygen atoms in total. The summed E-state index contributed by atoms with van der Waals surface area (Å²) in [6.45, 7) is 10.8. The molecular weight excluding hydrogens is 310 g/mol. The van der Waals surface area contributed by atoms with Crippen LogP contribution in [0, 0.1) is 5.92 Å². The van der Waals surface area contributed by atoms with Gasteiger partial charge in [-0.25, -0.2) is 0 Å². The Morgan fingerprint density at radius 3 is 2.64 bits per heavy atom. The zero-order chi connectivity index (χ0) is 18.1. The first-order chi connectivity index (χ1) is 12.1. The van der Waals surface area contributed by atoms with E-state index in [0.717, 1.165) is 51.6 Å². The standard InChI is InChI=1S/C20H35N5/c1-17(2)15-23-20(21-3)22-11-8-12-25-14-13-24(4)16-19(25)18-9-6-5-7-10-18/h5-7,9-10,17,19H,8,11-16H2,1-4H3,(H2,21,22,23). The van der Waals surface area contributed by atoms with E-state index in [1.807, 2.05) is 7.05 Å². The number of benzene rings is 1. The van der Waals surface area contributed by atoms with Gasteiger partial charge in [-0.15, -0.1) is 0 Å². The van der Waals surface area contributed by atoms with Crippen molar-refractivity contribution >= 4 is 5.96 Å². The lowest BCUT2D eigenvalue weighted by atomic mass is 10.0. The molecule has 1 heterocycles. The monoisotopic (exact) mass is 345 g/mol. The number of hydrogen-bond donors (Lipinski definition) is 2. The van der Waals surface area contributed by atoms with Crippen LogP contribution in [0.5, 0.6) is 0 Å². The number of likely N-dealkylation sites (N-methyl/N-ethyl adjacent to an activating group) is 1. The van der Waals surface area contributed by atoms with Crippen LogP contribution >= 0.6 is 0 Å². The highest BCUT2D eigenvalue weighted by molar-refractivity contribution is 5.79. The summed E-state index contributed by atoms with van der Waals surface area (Å²) in [4.78, 5) is 9.35. The molecule has 0 bridgehead atoms. The molecular formula is C20H35N5. The predicted octanol–water partition coefficient (Wildman–Crippen LogP) is 2.19. The van der Waals surface area contributed by atoms with Crippen molar-refractivity contribution in [3.05, 3.63) is 35.9 Å². The van der Waals surface area contributed by atoms with Crippen molar-refractivity contribution in [3.8, 4) is 0 Å². The lowest BCUT2D eigenvalue weighted by Gasteiger charge is -2.40. The zero-order valence-corrected chi connectivity index (χ0v) is 16.3. The van der Waals surface area contributed by atoms with Gasteiger partial charge in [-0.05, 0) is 24.9 Å². The maximum absolute atomic E-state index is 4.29. The Kier molecular flexibility index (Phi) is 8.22. The third-order valence-electron chi connectivity index (χ3n) is 4.69. The van der Waals surface area contributed by atoms with Crippen LogP contribution in [0.1, 0.15) is 31.9 Å². The third kappa shape index (κ3) is 6.67. The molecule has 140 valence electrons. The van der Waals surface area contributed by atoms with E-state index < -0.39 is 0 Å². The van der Waals surface area contributed by atoms with Crippen LogP contribution in [0.25, 0.3) is 0 Å². The predicted molar refractivity (Wildman–Crippen MR) is 107 cm³/mol. The molecule has 25 heavy (non-hydrogen) atoms. The first kappa shape index (κ1) is 19.7. The number of piperazine rings is 1. The lowest BCUT2D eigenvalue weighted by Crippen LogP contribution is -2.47. The molecule has 1 unspecified atom stereocenters. The Labute approximate surface area is 153 Å². The number of guanidine groups is 1. The molecule has 1 aromatic carbocycles. The SMILES string of the molecule is CN=C(NCCCN1CCN(C)CC1c1ccccc1)NCC(C)C. The van der Waals surface area contributed by atoms with E-state index in [1.165, 1.54) is 5.56 Å². The summed E-state index contributed by atoms with van der Waals surface area (Å²) in [6.07, 6.45) is 1.12. The Bertz CT molecular complexity index is 514. The number of aliphatic imine (C=N–C) groups is 1. The first-order valence-corrected chi connectivity index (χ1v) is 9.52. The van der Waals surface area contributed by atoms with Crippen molar-refractivity contribution in [2.24, 2.45) is 10.9 Å². The minimum absolute atomic E-state index is 0.498. The topological polar surface area (TPSA) is 42.9 Å². The highest BCUT2D eigenvalue weighted by Crippen LogP contribution is 2.24. The quantitative estimate of drug-likeness (QED) is 0.452.